The molecule has 0 radical (unpaired) electrons. The van der Waals surface area contributed by atoms with Crippen molar-refractivity contribution in [1.29, 1.82) is 0 Å². The Kier molecular flexibility index (Phi) is 4.08. The largest absolute Gasteiger partial charge is 0.466 e. The van der Waals surface area contributed by atoms with Gasteiger partial charge in [0.2, 0.25) is 0 Å². The van der Waals surface area contributed by atoms with Crippen LogP contribution in [0, 0.1) is 12.3 Å². The van der Waals surface area contributed by atoms with Gasteiger partial charge >= 0.3 is 5.97 Å². The molecule has 1 aromatic rings. The molecule has 0 aromatic carbocycles. The second-order valence-corrected chi connectivity index (χ2v) is 5.43. The topological polar surface area (TPSA) is 42.4 Å². The summed E-state index contributed by atoms with van der Waals surface area (Å²) in [5.74, 6) is -0.0586. The van der Waals surface area contributed by atoms with Gasteiger partial charge in [-0.05, 0) is 45.7 Å². The summed E-state index contributed by atoms with van der Waals surface area (Å²) in [6.45, 7) is 8.06. The third kappa shape index (κ3) is 3.06. The van der Waals surface area contributed by atoms with Gasteiger partial charge < -0.3 is 9.64 Å². The number of aromatic nitrogens is 1. The Morgan fingerprint density at radius 3 is 2.63 bits per heavy atom. The number of anilines is 1. The van der Waals surface area contributed by atoms with Gasteiger partial charge in [0.15, 0.2) is 0 Å². The zero-order chi connectivity index (χ0) is 13.9. The minimum Gasteiger partial charge on any atom is -0.466 e. The molecule has 4 heteroatoms. The molecule has 1 aliphatic rings. The minimum absolute atomic E-state index is 0.0586. The van der Waals surface area contributed by atoms with Gasteiger partial charge in [-0.1, -0.05) is 0 Å². The van der Waals surface area contributed by atoms with E-state index in [1.807, 2.05) is 33.0 Å². The molecular weight excluding hydrogens is 240 g/mol. The molecule has 0 bridgehead atoms. The monoisotopic (exact) mass is 262 g/mol. The maximum absolute atomic E-state index is 12.0. The zero-order valence-electron chi connectivity index (χ0n) is 12.0. The van der Waals surface area contributed by atoms with Crippen LogP contribution in [0.4, 0.5) is 5.69 Å². The van der Waals surface area contributed by atoms with Crippen LogP contribution in [0.5, 0.6) is 0 Å². The summed E-state index contributed by atoms with van der Waals surface area (Å²) in [6, 6.07) is 4.11. The quantitative estimate of drug-likeness (QED) is 0.785. The van der Waals surface area contributed by atoms with Crippen molar-refractivity contribution in [3.05, 3.63) is 24.0 Å². The highest BCUT2D eigenvalue weighted by molar-refractivity contribution is 5.76. The fraction of sp³-hybridized carbons (Fsp3) is 0.600. The smallest absolute Gasteiger partial charge is 0.311 e. The molecule has 0 atom stereocenters. The number of carbonyl (C=O) groups is 1. The predicted octanol–water partition coefficient (Wildman–Crippen LogP) is 2.56. The molecule has 4 nitrogen and oxygen atoms in total. The standard InChI is InChI=1S/C15H22N2O2/c1-4-19-14(18)15(3)7-9-17(10-8-15)13-6-5-12(2)16-11-13/h5-6,11H,4,7-10H2,1-3H3. The van der Waals surface area contributed by atoms with Gasteiger partial charge in [-0.2, -0.15) is 0 Å². The van der Waals surface area contributed by atoms with Gasteiger partial charge in [-0.15, -0.1) is 0 Å². The molecule has 0 aliphatic carbocycles. The van der Waals surface area contributed by atoms with Gasteiger partial charge in [0.1, 0.15) is 0 Å². The van der Waals surface area contributed by atoms with Crippen molar-refractivity contribution in [3.8, 4) is 0 Å². The Morgan fingerprint density at radius 1 is 1.42 bits per heavy atom. The maximum Gasteiger partial charge on any atom is 0.311 e. The van der Waals surface area contributed by atoms with Gasteiger partial charge in [-0.3, -0.25) is 9.78 Å². The summed E-state index contributed by atoms with van der Waals surface area (Å²) < 4.78 is 5.17. The van der Waals surface area contributed by atoms with Crippen LogP contribution in [-0.2, 0) is 9.53 Å². The predicted molar refractivity (Wildman–Crippen MR) is 75.2 cm³/mol. The fourth-order valence-electron chi connectivity index (χ4n) is 2.41. The number of ether oxygens (including phenoxy) is 1. The number of hydrogen-bond donors (Lipinski definition) is 0. The van der Waals surface area contributed by atoms with Crippen LogP contribution in [0.3, 0.4) is 0 Å². The van der Waals surface area contributed by atoms with Crippen molar-refractivity contribution in [2.75, 3.05) is 24.6 Å². The lowest BCUT2D eigenvalue weighted by atomic mass is 9.80. The lowest BCUT2D eigenvalue weighted by molar-refractivity contribution is -0.155. The van der Waals surface area contributed by atoms with E-state index in [9.17, 15) is 4.79 Å². The van der Waals surface area contributed by atoms with E-state index in [0.29, 0.717) is 6.61 Å². The molecular formula is C15H22N2O2. The number of esters is 1. The Morgan fingerprint density at radius 2 is 2.11 bits per heavy atom. The van der Waals surface area contributed by atoms with Crippen LogP contribution in [0.2, 0.25) is 0 Å². The van der Waals surface area contributed by atoms with E-state index in [1.165, 1.54) is 0 Å². The van der Waals surface area contributed by atoms with Crippen LogP contribution in [0.15, 0.2) is 18.3 Å². The van der Waals surface area contributed by atoms with E-state index in [2.05, 4.69) is 16.0 Å². The highest BCUT2D eigenvalue weighted by Gasteiger charge is 2.38. The summed E-state index contributed by atoms with van der Waals surface area (Å²) in [4.78, 5) is 18.6. The van der Waals surface area contributed by atoms with Crippen molar-refractivity contribution in [1.82, 2.24) is 4.98 Å². The maximum atomic E-state index is 12.0. The number of aryl methyl sites for hydroxylation is 1. The summed E-state index contributed by atoms with van der Waals surface area (Å²) in [5.41, 5.74) is 1.83. The molecule has 2 rings (SSSR count). The van der Waals surface area contributed by atoms with Gasteiger partial charge in [0, 0.05) is 18.8 Å². The van der Waals surface area contributed by atoms with Crippen LogP contribution in [0.1, 0.15) is 32.4 Å². The van der Waals surface area contributed by atoms with E-state index in [-0.39, 0.29) is 11.4 Å². The molecule has 1 aliphatic heterocycles. The highest BCUT2D eigenvalue weighted by Crippen LogP contribution is 2.34. The van der Waals surface area contributed by atoms with Crippen molar-refractivity contribution >= 4 is 11.7 Å². The Hall–Kier alpha value is -1.58. The number of nitrogens with zero attached hydrogens (tertiary/aromatic N) is 2. The Labute approximate surface area is 114 Å². The summed E-state index contributed by atoms with van der Waals surface area (Å²) in [7, 11) is 0. The Bertz CT molecular complexity index is 434. The number of hydrogen-bond acceptors (Lipinski definition) is 4. The third-order valence-electron chi connectivity index (χ3n) is 3.90. The molecule has 104 valence electrons. The molecule has 0 spiro atoms. The van der Waals surface area contributed by atoms with Crippen molar-refractivity contribution in [2.24, 2.45) is 5.41 Å². The first kappa shape index (κ1) is 13.8. The molecule has 1 fully saturated rings. The molecule has 1 aromatic heterocycles. The number of rotatable bonds is 3. The third-order valence-corrected chi connectivity index (χ3v) is 3.90. The first-order chi connectivity index (χ1) is 9.05. The molecule has 0 saturated carbocycles. The molecule has 0 N–H and O–H groups in total. The zero-order valence-corrected chi connectivity index (χ0v) is 12.0. The van der Waals surface area contributed by atoms with E-state index in [1.54, 1.807) is 0 Å². The lowest BCUT2D eigenvalue weighted by Crippen LogP contribution is -2.43. The molecule has 0 unspecified atom stereocenters. The second kappa shape index (κ2) is 5.59. The van der Waals surface area contributed by atoms with Crippen molar-refractivity contribution < 1.29 is 9.53 Å². The van der Waals surface area contributed by atoms with Crippen molar-refractivity contribution in [2.45, 2.75) is 33.6 Å². The van der Waals surface area contributed by atoms with E-state index < -0.39 is 0 Å². The Balaban J connectivity index is 1.99. The highest BCUT2D eigenvalue weighted by atomic mass is 16.5. The average Bonchev–Trinajstić information content (AvgIpc) is 2.41. The average molecular weight is 262 g/mol. The lowest BCUT2D eigenvalue weighted by Gasteiger charge is -2.38. The van der Waals surface area contributed by atoms with E-state index in [0.717, 1.165) is 37.3 Å². The van der Waals surface area contributed by atoms with Gasteiger partial charge in [0.05, 0.1) is 23.9 Å². The van der Waals surface area contributed by atoms with Crippen LogP contribution in [-0.4, -0.2) is 30.6 Å². The van der Waals surface area contributed by atoms with Crippen LogP contribution in [0.25, 0.3) is 0 Å². The first-order valence-electron chi connectivity index (χ1n) is 6.90. The van der Waals surface area contributed by atoms with E-state index in [4.69, 9.17) is 4.74 Å². The van der Waals surface area contributed by atoms with Gasteiger partial charge in [0.25, 0.3) is 0 Å². The SMILES string of the molecule is CCOC(=O)C1(C)CCN(c2ccc(C)nc2)CC1. The summed E-state index contributed by atoms with van der Waals surface area (Å²) in [6.07, 6.45) is 3.57. The molecule has 1 saturated heterocycles. The van der Waals surface area contributed by atoms with Crippen LogP contribution < -0.4 is 4.90 Å². The minimum atomic E-state index is -0.329. The summed E-state index contributed by atoms with van der Waals surface area (Å²) >= 11 is 0. The molecule has 2 heterocycles. The molecule has 0 amide bonds. The summed E-state index contributed by atoms with van der Waals surface area (Å²) in [5, 5.41) is 0. The van der Waals surface area contributed by atoms with Gasteiger partial charge in [-0.25, -0.2) is 0 Å². The van der Waals surface area contributed by atoms with Crippen LogP contribution >= 0.6 is 0 Å². The number of carbonyl (C=O) groups excluding carboxylic acids is 1. The number of piperidine rings is 1. The normalized spacial score (nSPS) is 18.2. The number of pyridine rings is 1. The second-order valence-electron chi connectivity index (χ2n) is 5.43. The molecule has 19 heavy (non-hydrogen) atoms. The fourth-order valence-corrected chi connectivity index (χ4v) is 2.41. The van der Waals surface area contributed by atoms with Crippen molar-refractivity contribution in [3.63, 3.8) is 0 Å². The first-order valence-corrected chi connectivity index (χ1v) is 6.90. The van der Waals surface area contributed by atoms with E-state index >= 15 is 0 Å².